The SMILES string of the molecule is COc1cccc(CN(C(=O)CN(c2ccc(Cl)c(Cl)c2)S(C)(=O)=O)C(C)C(=O)NC2CCCCC2)c1. The molecule has 0 heterocycles. The molecule has 3 rings (SSSR count). The van der Waals surface area contributed by atoms with Gasteiger partial charge < -0.3 is 15.0 Å². The standard InChI is InChI=1S/C26H33Cl2N3O5S/c1-18(26(33)29-20-9-5-4-6-10-20)30(16-19-8-7-11-22(14-19)36-2)25(32)17-31(37(3,34)35)21-12-13-23(27)24(28)15-21/h7-8,11-15,18,20H,4-6,9-10,16-17H2,1-3H3,(H,29,33). The van der Waals surface area contributed by atoms with Gasteiger partial charge in [0.25, 0.3) is 0 Å². The number of rotatable bonds is 10. The van der Waals surface area contributed by atoms with E-state index in [-0.39, 0.29) is 34.2 Å². The fourth-order valence-corrected chi connectivity index (χ4v) is 5.51. The molecule has 1 atom stereocenters. The number of nitrogens with one attached hydrogen (secondary N) is 1. The topological polar surface area (TPSA) is 96.0 Å². The summed E-state index contributed by atoms with van der Waals surface area (Å²) in [6.07, 6.45) is 6.08. The molecule has 1 aliphatic carbocycles. The Morgan fingerprint density at radius 3 is 2.41 bits per heavy atom. The first-order valence-corrected chi connectivity index (χ1v) is 14.8. The molecule has 11 heteroatoms. The zero-order chi connectivity index (χ0) is 27.2. The molecule has 1 aliphatic rings. The van der Waals surface area contributed by atoms with Gasteiger partial charge in [0.1, 0.15) is 18.3 Å². The van der Waals surface area contributed by atoms with E-state index in [1.165, 1.54) is 23.1 Å². The number of sulfonamides is 1. The molecule has 1 fully saturated rings. The Morgan fingerprint density at radius 2 is 1.78 bits per heavy atom. The van der Waals surface area contributed by atoms with Crippen LogP contribution in [0.3, 0.4) is 0 Å². The summed E-state index contributed by atoms with van der Waals surface area (Å²) in [4.78, 5) is 28.3. The highest BCUT2D eigenvalue weighted by atomic mass is 35.5. The monoisotopic (exact) mass is 569 g/mol. The van der Waals surface area contributed by atoms with Crippen molar-refractivity contribution in [3.8, 4) is 5.75 Å². The summed E-state index contributed by atoms with van der Waals surface area (Å²) in [5, 5.41) is 3.49. The van der Waals surface area contributed by atoms with Crippen LogP contribution in [0, 0.1) is 0 Å². The van der Waals surface area contributed by atoms with Gasteiger partial charge in [-0.15, -0.1) is 0 Å². The molecule has 2 aromatic carbocycles. The van der Waals surface area contributed by atoms with E-state index < -0.39 is 28.5 Å². The Bertz CT molecular complexity index is 1220. The second-order valence-electron chi connectivity index (χ2n) is 9.26. The predicted octanol–water partition coefficient (Wildman–Crippen LogP) is 4.63. The Labute approximate surface area is 228 Å². The Kier molecular flexibility index (Phi) is 10.1. The molecule has 2 aromatic rings. The number of ether oxygens (including phenoxy) is 1. The quantitative estimate of drug-likeness (QED) is 0.449. The highest BCUT2D eigenvalue weighted by Gasteiger charge is 2.31. The Morgan fingerprint density at radius 1 is 1.08 bits per heavy atom. The normalized spacial score (nSPS) is 15.1. The summed E-state index contributed by atoms with van der Waals surface area (Å²) in [5.41, 5.74) is 0.941. The average molecular weight is 571 g/mol. The van der Waals surface area contributed by atoms with E-state index >= 15 is 0 Å². The first-order chi connectivity index (χ1) is 17.5. The van der Waals surface area contributed by atoms with Gasteiger partial charge in [-0.1, -0.05) is 54.6 Å². The lowest BCUT2D eigenvalue weighted by Crippen LogP contribution is -2.52. The first kappa shape index (κ1) is 29.1. The minimum Gasteiger partial charge on any atom is -0.497 e. The zero-order valence-corrected chi connectivity index (χ0v) is 23.6. The van der Waals surface area contributed by atoms with Crippen molar-refractivity contribution in [2.24, 2.45) is 0 Å². The van der Waals surface area contributed by atoms with E-state index in [4.69, 9.17) is 27.9 Å². The molecule has 1 saturated carbocycles. The highest BCUT2D eigenvalue weighted by molar-refractivity contribution is 7.92. The number of amides is 2. The third-order valence-electron chi connectivity index (χ3n) is 6.48. The maximum atomic E-state index is 13.7. The van der Waals surface area contributed by atoms with Crippen LogP contribution >= 0.6 is 23.2 Å². The number of methoxy groups -OCH3 is 1. The molecule has 0 aliphatic heterocycles. The first-order valence-electron chi connectivity index (χ1n) is 12.1. The number of benzene rings is 2. The van der Waals surface area contributed by atoms with Crippen LogP contribution in [0.15, 0.2) is 42.5 Å². The van der Waals surface area contributed by atoms with E-state index in [1.807, 2.05) is 6.07 Å². The summed E-state index contributed by atoms with van der Waals surface area (Å²) in [7, 11) is -2.32. The zero-order valence-electron chi connectivity index (χ0n) is 21.2. The number of carbonyl (C=O) groups is 2. The van der Waals surface area contributed by atoms with Crippen LogP contribution in [0.4, 0.5) is 5.69 Å². The van der Waals surface area contributed by atoms with Crippen LogP contribution < -0.4 is 14.4 Å². The summed E-state index contributed by atoms with van der Waals surface area (Å²) in [5.74, 6) is -0.202. The molecule has 2 amide bonds. The average Bonchev–Trinajstić information content (AvgIpc) is 2.87. The summed E-state index contributed by atoms with van der Waals surface area (Å²) in [6.45, 7) is 1.23. The lowest BCUT2D eigenvalue weighted by molar-refractivity contribution is -0.139. The minimum atomic E-state index is -3.86. The number of carbonyl (C=O) groups excluding carboxylic acids is 2. The fourth-order valence-electron chi connectivity index (χ4n) is 4.37. The fraction of sp³-hybridized carbons (Fsp3) is 0.462. The molecule has 0 aromatic heterocycles. The number of anilines is 1. The van der Waals surface area contributed by atoms with Crippen molar-refractivity contribution >= 4 is 50.7 Å². The Balaban J connectivity index is 1.89. The van der Waals surface area contributed by atoms with Gasteiger partial charge in [-0.3, -0.25) is 13.9 Å². The lowest BCUT2D eigenvalue weighted by atomic mass is 9.95. The van der Waals surface area contributed by atoms with E-state index in [2.05, 4.69) is 5.32 Å². The summed E-state index contributed by atoms with van der Waals surface area (Å²) in [6, 6.07) is 10.7. The van der Waals surface area contributed by atoms with Crippen LogP contribution in [0.1, 0.15) is 44.6 Å². The molecule has 1 unspecified atom stereocenters. The molecule has 0 spiro atoms. The van der Waals surface area contributed by atoms with Gasteiger partial charge in [-0.2, -0.15) is 0 Å². The maximum Gasteiger partial charge on any atom is 0.244 e. The van der Waals surface area contributed by atoms with Crippen LogP contribution in [0.5, 0.6) is 5.75 Å². The second kappa shape index (κ2) is 12.8. The smallest absolute Gasteiger partial charge is 0.244 e. The molecular weight excluding hydrogens is 537 g/mol. The third kappa shape index (κ3) is 7.99. The van der Waals surface area contributed by atoms with Crippen molar-refractivity contribution in [3.63, 3.8) is 0 Å². The van der Waals surface area contributed by atoms with Crippen molar-refractivity contribution in [2.75, 3.05) is 24.2 Å². The molecule has 1 N–H and O–H groups in total. The van der Waals surface area contributed by atoms with E-state index in [1.54, 1.807) is 32.2 Å². The minimum absolute atomic E-state index is 0.0706. The molecule has 0 saturated heterocycles. The molecule has 202 valence electrons. The van der Waals surface area contributed by atoms with Gasteiger partial charge in [-0.05, 0) is 55.7 Å². The van der Waals surface area contributed by atoms with E-state index in [0.29, 0.717) is 5.75 Å². The second-order valence-corrected chi connectivity index (χ2v) is 12.0. The van der Waals surface area contributed by atoms with Crippen LogP contribution in [-0.4, -0.2) is 57.1 Å². The summed E-state index contributed by atoms with van der Waals surface area (Å²) < 4.78 is 31.6. The van der Waals surface area contributed by atoms with Gasteiger partial charge in [0.05, 0.1) is 29.1 Å². The number of halogens is 2. The number of nitrogens with zero attached hydrogens (tertiary/aromatic N) is 2. The van der Waals surface area contributed by atoms with Crippen molar-refractivity contribution in [1.82, 2.24) is 10.2 Å². The van der Waals surface area contributed by atoms with Crippen LogP contribution in [0.2, 0.25) is 10.0 Å². The van der Waals surface area contributed by atoms with Crippen molar-refractivity contribution in [2.45, 2.75) is 57.7 Å². The van der Waals surface area contributed by atoms with Gasteiger partial charge in [0.2, 0.25) is 21.8 Å². The van der Waals surface area contributed by atoms with E-state index in [9.17, 15) is 18.0 Å². The maximum absolute atomic E-state index is 13.7. The Hall–Kier alpha value is -2.49. The van der Waals surface area contributed by atoms with E-state index in [0.717, 1.165) is 48.2 Å². The third-order valence-corrected chi connectivity index (χ3v) is 8.36. The summed E-state index contributed by atoms with van der Waals surface area (Å²) >= 11 is 12.1. The van der Waals surface area contributed by atoms with Crippen molar-refractivity contribution < 1.29 is 22.7 Å². The molecule has 37 heavy (non-hydrogen) atoms. The molecule has 0 bridgehead atoms. The van der Waals surface area contributed by atoms with Crippen LogP contribution in [0.25, 0.3) is 0 Å². The van der Waals surface area contributed by atoms with Gasteiger partial charge in [0.15, 0.2) is 0 Å². The van der Waals surface area contributed by atoms with Gasteiger partial charge >= 0.3 is 0 Å². The lowest BCUT2D eigenvalue weighted by Gasteiger charge is -2.33. The van der Waals surface area contributed by atoms with Crippen LogP contribution in [-0.2, 0) is 26.2 Å². The molecular formula is C26H33Cl2N3O5S. The number of hydrogen-bond donors (Lipinski definition) is 1. The largest absolute Gasteiger partial charge is 0.497 e. The predicted molar refractivity (Wildman–Crippen MR) is 147 cm³/mol. The number of hydrogen-bond acceptors (Lipinski definition) is 5. The molecule has 8 nitrogen and oxygen atoms in total. The van der Waals surface area contributed by atoms with Crippen molar-refractivity contribution in [3.05, 3.63) is 58.1 Å². The van der Waals surface area contributed by atoms with Gasteiger partial charge in [0, 0.05) is 12.6 Å². The molecule has 0 radical (unpaired) electrons. The highest BCUT2D eigenvalue weighted by Crippen LogP contribution is 2.29. The van der Waals surface area contributed by atoms with Crippen molar-refractivity contribution in [1.29, 1.82) is 0 Å². The van der Waals surface area contributed by atoms with Gasteiger partial charge in [-0.25, -0.2) is 8.42 Å².